The first-order valence-corrected chi connectivity index (χ1v) is 10.4. The van der Waals surface area contributed by atoms with Gasteiger partial charge in [-0.2, -0.15) is 0 Å². The van der Waals surface area contributed by atoms with E-state index in [1.165, 1.54) is 6.20 Å². The Bertz CT molecular complexity index is 1050. The van der Waals surface area contributed by atoms with Crippen LogP contribution in [0.25, 0.3) is 10.8 Å². The molecule has 2 aromatic rings. The molecular weight excluding hydrogens is 397 g/mol. The van der Waals surface area contributed by atoms with Crippen LogP contribution in [0.4, 0.5) is 10.2 Å². The largest absolute Gasteiger partial charge is 0.363 e. The standard InChI is InChI=1S/C22H26FN7O/c1-13(28-21(12-24-2)29-18-5-6-25-11-17(18)23)19-7-15-8-20(27-10-16(15)9-26-19)30-22(31)14-3-4-14/h7-10,12,14,17-18,25,29H,2-6,11H2,1H3,(H,27,30,31)/b21-12+,28-13?/t17-,18-/m0/s1. The van der Waals surface area contributed by atoms with Crippen LogP contribution < -0.4 is 16.0 Å². The van der Waals surface area contributed by atoms with E-state index in [4.69, 9.17) is 0 Å². The van der Waals surface area contributed by atoms with E-state index in [1.807, 2.05) is 19.1 Å². The molecule has 8 nitrogen and oxygen atoms in total. The molecule has 1 saturated heterocycles. The fourth-order valence-electron chi connectivity index (χ4n) is 3.47. The number of aliphatic imine (C=N–C) groups is 2. The van der Waals surface area contributed by atoms with Crippen molar-refractivity contribution in [1.82, 2.24) is 20.6 Å². The van der Waals surface area contributed by atoms with Crippen molar-refractivity contribution in [3.8, 4) is 0 Å². The molecule has 0 spiro atoms. The molecule has 1 amide bonds. The van der Waals surface area contributed by atoms with Gasteiger partial charge in [-0.15, -0.1) is 0 Å². The smallest absolute Gasteiger partial charge is 0.228 e. The Hall–Kier alpha value is -3.20. The SMILES string of the molecule is C=N/C=C(\N=C(C)c1cc2cc(NC(=O)C3CC3)ncc2cn1)N[C@H]1CCNC[C@@H]1F. The van der Waals surface area contributed by atoms with Gasteiger partial charge in [0, 0.05) is 30.2 Å². The van der Waals surface area contributed by atoms with E-state index < -0.39 is 6.17 Å². The molecule has 1 aliphatic carbocycles. The number of piperidine rings is 1. The van der Waals surface area contributed by atoms with E-state index in [-0.39, 0.29) is 17.9 Å². The Morgan fingerprint density at radius 3 is 2.81 bits per heavy atom. The number of amides is 1. The summed E-state index contributed by atoms with van der Waals surface area (Å²) in [5.74, 6) is 1.09. The number of pyridine rings is 2. The predicted molar refractivity (Wildman–Crippen MR) is 120 cm³/mol. The Balaban J connectivity index is 1.54. The van der Waals surface area contributed by atoms with Gasteiger partial charge >= 0.3 is 0 Å². The summed E-state index contributed by atoms with van der Waals surface area (Å²) >= 11 is 0. The summed E-state index contributed by atoms with van der Waals surface area (Å²) in [6, 6.07) is 3.39. The van der Waals surface area contributed by atoms with E-state index in [0.717, 1.165) is 30.2 Å². The zero-order valence-corrected chi connectivity index (χ0v) is 17.4. The lowest BCUT2D eigenvalue weighted by Gasteiger charge is -2.28. The number of carbonyl (C=O) groups excluding carboxylic acids is 1. The summed E-state index contributed by atoms with van der Waals surface area (Å²) in [6.07, 6.45) is 6.41. The molecule has 0 radical (unpaired) electrons. The van der Waals surface area contributed by atoms with Crippen molar-refractivity contribution >= 4 is 34.9 Å². The zero-order valence-electron chi connectivity index (χ0n) is 17.4. The molecule has 0 unspecified atom stereocenters. The van der Waals surface area contributed by atoms with Crippen LogP contribution in [-0.4, -0.2) is 53.6 Å². The number of nitrogens with zero attached hydrogens (tertiary/aromatic N) is 4. The molecule has 0 aromatic carbocycles. The number of halogens is 1. The monoisotopic (exact) mass is 423 g/mol. The minimum atomic E-state index is -1.01. The number of rotatable bonds is 7. The van der Waals surface area contributed by atoms with Gasteiger partial charge < -0.3 is 16.0 Å². The number of hydrogen-bond donors (Lipinski definition) is 3. The second kappa shape index (κ2) is 9.30. The molecular formula is C22H26FN7O. The number of fused-ring (bicyclic) bond motifs is 1. The van der Waals surface area contributed by atoms with Gasteiger partial charge in [0.2, 0.25) is 5.91 Å². The fourth-order valence-corrected chi connectivity index (χ4v) is 3.47. The van der Waals surface area contributed by atoms with Crippen molar-refractivity contribution in [3.05, 3.63) is 42.2 Å². The van der Waals surface area contributed by atoms with Gasteiger partial charge in [-0.25, -0.2) is 14.4 Å². The summed E-state index contributed by atoms with van der Waals surface area (Å²) in [4.78, 5) is 29.1. The lowest BCUT2D eigenvalue weighted by atomic mass is 10.1. The van der Waals surface area contributed by atoms with Gasteiger partial charge in [0.15, 0.2) is 0 Å². The first-order valence-electron chi connectivity index (χ1n) is 10.4. The first kappa shape index (κ1) is 21.0. The van der Waals surface area contributed by atoms with E-state index in [2.05, 4.69) is 42.6 Å². The number of hydrogen-bond acceptors (Lipinski definition) is 7. The molecule has 0 bridgehead atoms. The van der Waals surface area contributed by atoms with E-state index in [9.17, 15) is 9.18 Å². The molecule has 2 fully saturated rings. The number of nitrogens with one attached hydrogen (secondary N) is 3. The minimum Gasteiger partial charge on any atom is -0.363 e. The van der Waals surface area contributed by atoms with Crippen LogP contribution >= 0.6 is 0 Å². The Morgan fingerprint density at radius 2 is 2.06 bits per heavy atom. The van der Waals surface area contributed by atoms with Crippen LogP contribution in [-0.2, 0) is 4.79 Å². The topological polar surface area (TPSA) is 104 Å². The molecule has 4 rings (SSSR count). The number of aromatic nitrogens is 2. The third-order valence-corrected chi connectivity index (χ3v) is 5.42. The highest BCUT2D eigenvalue weighted by atomic mass is 19.1. The second-order valence-corrected chi connectivity index (χ2v) is 7.90. The van der Waals surface area contributed by atoms with Crippen LogP contribution in [0.15, 0.2) is 46.5 Å². The third-order valence-electron chi connectivity index (χ3n) is 5.42. The van der Waals surface area contributed by atoms with Crippen molar-refractivity contribution in [2.24, 2.45) is 15.9 Å². The zero-order chi connectivity index (χ0) is 21.8. The number of anilines is 1. The predicted octanol–water partition coefficient (Wildman–Crippen LogP) is 2.58. The summed E-state index contributed by atoms with van der Waals surface area (Å²) in [5.41, 5.74) is 1.31. The number of alkyl halides is 1. The maximum atomic E-state index is 14.2. The molecule has 9 heteroatoms. The van der Waals surface area contributed by atoms with Crippen LogP contribution in [0.1, 0.15) is 31.9 Å². The van der Waals surface area contributed by atoms with Crippen LogP contribution in [0.2, 0.25) is 0 Å². The van der Waals surface area contributed by atoms with Crippen molar-refractivity contribution in [2.75, 3.05) is 18.4 Å². The molecule has 1 aliphatic heterocycles. The molecule has 2 aromatic heterocycles. The molecule has 3 heterocycles. The normalized spacial score (nSPS) is 22.3. The van der Waals surface area contributed by atoms with Crippen molar-refractivity contribution < 1.29 is 9.18 Å². The Morgan fingerprint density at radius 1 is 1.26 bits per heavy atom. The highest BCUT2D eigenvalue weighted by molar-refractivity contribution is 6.01. The van der Waals surface area contributed by atoms with Crippen LogP contribution in [0.5, 0.6) is 0 Å². The molecule has 1 saturated carbocycles. The molecule has 162 valence electrons. The van der Waals surface area contributed by atoms with Crippen molar-refractivity contribution in [3.63, 3.8) is 0 Å². The van der Waals surface area contributed by atoms with Crippen molar-refractivity contribution in [1.29, 1.82) is 0 Å². The summed E-state index contributed by atoms with van der Waals surface area (Å²) in [5, 5.41) is 10.8. The van der Waals surface area contributed by atoms with Crippen molar-refractivity contribution in [2.45, 2.75) is 38.4 Å². The minimum absolute atomic E-state index is 0.0146. The van der Waals surface area contributed by atoms with E-state index in [1.54, 1.807) is 12.4 Å². The fraction of sp³-hybridized carbons (Fsp3) is 0.409. The lowest BCUT2D eigenvalue weighted by molar-refractivity contribution is -0.117. The van der Waals surface area contributed by atoms with Crippen LogP contribution in [0.3, 0.4) is 0 Å². The Kier molecular flexibility index (Phi) is 6.31. The average Bonchev–Trinajstić information content (AvgIpc) is 3.60. The molecule has 31 heavy (non-hydrogen) atoms. The Labute approximate surface area is 180 Å². The maximum absolute atomic E-state index is 14.2. The average molecular weight is 423 g/mol. The quantitative estimate of drug-likeness (QED) is 0.594. The summed E-state index contributed by atoms with van der Waals surface area (Å²) in [6.45, 7) is 6.38. The van der Waals surface area contributed by atoms with Gasteiger partial charge in [-0.1, -0.05) is 0 Å². The maximum Gasteiger partial charge on any atom is 0.228 e. The van der Waals surface area contributed by atoms with Gasteiger partial charge in [0.25, 0.3) is 0 Å². The highest BCUT2D eigenvalue weighted by Gasteiger charge is 2.29. The third kappa shape index (κ3) is 5.29. The van der Waals surface area contributed by atoms with Gasteiger partial charge in [-0.3, -0.25) is 14.8 Å². The van der Waals surface area contributed by atoms with Gasteiger partial charge in [-0.05, 0) is 57.0 Å². The van der Waals surface area contributed by atoms with E-state index in [0.29, 0.717) is 36.0 Å². The summed E-state index contributed by atoms with van der Waals surface area (Å²) < 4.78 is 14.2. The van der Waals surface area contributed by atoms with E-state index >= 15 is 0 Å². The van der Waals surface area contributed by atoms with Gasteiger partial charge in [0.1, 0.15) is 17.8 Å². The highest BCUT2D eigenvalue weighted by Crippen LogP contribution is 2.30. The molecule has 2 aliphatic rings. The molecule has 2 atom stereocenters. The summed E-state index contributed by atoms with van der Waals surface area (Å²) in [7, 11) is 0. The lowest BCUT2D eigenvalue weighted by Crippen LogP contribution is -2.48. The first-order chi connectivity index (χ1) is 15.0. The second-order valence-electron chi connectivity index (χ2n) is 7.90. The van der Waals surface area contributed by atoms with Crippen LogP contribution in [0, 0.1) is 5.92 Å². The molecule has 3 N–H and O–H groups in total. The van der Waals surface area contributed by atoms with Gasteiger partial charge in [0.05, 0.1) is 23.6 Å². The number of carbonyl (C=O) groups is 1.